The highest BCUT2D eigenvalue weighted by molar-refractivity contribution is 5.98. The number of nitrogens with one attached hydrogen (secondary N) is 2. The average molecular weight is 260 g/mol. The molecule has 3 rings (SSSR count). The van der Waals surface area contributed by atoms with E-state index in [1.165, 1.54) is 5.56 Å². The van der Waals surface area contributed by atoms with Gasteiger partial charge in [0, 0.05) is 24.9 Å². The number of piperidine rings is 1. The lowest BCUT2D eigenvalue weighted by Crippen LogP contribution is -2.33. The molecule has 2 N–H and O–H groups in total. The van der Waals surface area contributed by atoms with Crippen molar-refractivity contribution in [2.45, 2.75) is 32.7 Å². The molecule has 1 aromatic rings. The summed E-state index contributed by atoms with van der Waals surface area (Å²) in [5.74, 6) is -0.220. The van der Waals surface area contributed by atoms with Crippen LogP contribution < -0.4 is 10.6 Å². The molecule has 0 aromatic heterocycles. The van der Waals surface area contributed by atoms with Crippen molar-refractivity contribution in [2.24, 2.45) is 0 Å². The zero-order valence-corrected chi connectivity index (χ0v) is 10.8. The Kier molecular flexibility index (Phi) is 3.94. The predicted octanol–water partition coefficient (Wildman–Crippen LogP) is 1.05. The molecule has 0 atom stereocenters. The second kappa shape index (κ2) is 5.65. The SMILES string of the molecule is Cc1ccc2c(c1)CNC2=O.O=C1CCCC(=O)N1. The van der Waals surface area contributed by atoms with Crippen LogP contribution in [0.1, 0.15) is 40.7 Å². The molecule has 0 bridgehead atoms. The third-order valence-electron chi connectivity index (χ3n) is 3.03. The van der Waals surface area contributed by atoms with Crippen LogP contribution in [0.3, 0.4) is 0 Å². The molecule has 0 spiro atoms. The Morgan fingerprint density at radius 3 is 2.32 bits per heavy atom. The van der Waals surface area contributed by atoms with Crippen LogP contribution in [-0.4, -0.2) is 17.7 Å². The van der Waals surface area contributed by atoms with Crippen molar-refractivity contribution in [2.75, 3.05) is 0 Å². The summed E-state index contributed by atoms with van der Waals surface area (Å²) in [6.07, 6.45) is 1.72. The molecule has 5 heteroatoms. The molecule has 3 amide bonds. The lowest BCUT2D eigenvalue weighted by Gasteiger charge is -2.07. The monoisotopic (exact) mass is 260 g/mol. The summed E-state index contributed by atoms with van der Waals surface area (Å²) >= 11 is 0. The zero-order chi connectivity index (χ0) is 13.8. The van der Waals surface area contributed by atoms with Gasteiger partial charge in [0.1, 0.15) is 0 Å². The van der Waals surface area contributed by atoms with Gasteiger partial charge in [-0.15, -0.1) is 0 Å². The highest BCUT2D eigenvalue weighted by atomic mass is 16.2. The van der Waals surface area contributed by atoms with E-state index in [1.54, 1.807) is 0 Å². The number of hydrogen-bond donors (Lipinski definition) is 2. The first-order valence-corrected chi connectivity index (χ1v) is 6.26. The van der Waals surface area contributed by atoms with E-state index in [0.29, 0.717) is 25.8 Å². The van der Waals surface area contributed by atoms with Crippen molar-refractivity contribution in [3.63, 3.8) is 0 Å². The molecule has 0 radical (unpaired) electrons. The lowest BCUT2D eigenvalue weighted by atomic mass is 10.1. The Balaban J connectivity index is 0.000000148. The summed E-state index contributed by atoms with van der Waals surface area (Å²) in [7, 11) is 0. The smallest absolute Gasteiger partial charge is 0.251 e. The second-order valence-corrected chi connectivity index (χ2v) is 4.67. The summed E-state index contributed by atoms with van der Waals surface area (Å²) in [5, 5.41) is 4.97. The second-order valence-electron chi connectivity index (χ2n) is 4.67. The molecule has 0 saturated carbocycles. The Hall–Kier alpha value is -2.17. The third-order valence-corrected chi connectivity index (χ3v) is 3.03. The van der Waals surface area contributed by atoms with Crippen molar-refractivity contribution < 1.29 is 14.4 Å². The molecule has 1 fully saturated rings. The Labute approximate surface area is 111 Å². The number of fused-ring (bicyclic) bond motifs is 1. The number of carbonyl (C=O) groups is 3. The van der Waals surface area contributed by atoms with Gasteiger partial charge in [0.15, 0.2) is 0 Å². The van der Waals surface area contributed by atoms with E-state index in [1.807, 2.05) is 25.1 Å². The number of aryl methyl sites for hydroxylation is 1. The summed E-state index contributed by atoms with van der Waals surface area (Å²) in [6, 6.07) is 5.89. The maximum atomic E-state index is 11.1. The molecular formula is C14H16N2O3. The molecule has 100 valence electrons. The summed E-state index contributed by atoms with van der Waals surface area (Å²) in [6.45, 7) is 2.72. The van der Waals surface area contributed by atoms with Gasteiger partial charge in [0.25, 0.3) is 5.91 Å². The number of carbonyl (C=O) groups excluding carboxylic acids is 3. The molecule has 5 nitrogen and oxygen atoms in total. The standard InChI is InChI=1S/C9H9NO.C5H7NO2/c1-6-2-3-8-7(4-6)5-10-9(8)11;7-4-2-1-3-5(8)6-4/h2-4H,5H2,1H3,(H,10,11);1-3H2,(H,6,7,8). The van der Waals surface area contributed by atoms with E-state index in [4.69, 9.17) is 0 Å². The number of rotatable bonds is 0. The molecule has 2 aliphatic rings. The van der Waals surface area contributed by atoms with E-state index < -0.39 is 0 Å². The van der Waals surface area contributed by atoms with Crippen molar-refractivity contribution in [3.8, 4) is 0 Å². The fraction of sp³-hybridized carbons (Fsp3) is 0.357. The van der Waals surface area contributed by atoms with Crippen molar-refractivity contribution in [1.29, 1.82) is 0 Å². The van der Waals surface area contributed by atoms with Gasteiger partial charge in [0.2, 0.25) is 11.8 Å². The van der Waals surface area contributed by atoms with Gasteiger partial charge in [-0.3, -0.25) is 19.7 Å². The highest BCUT2D eigenvalue weighted by Crippen LogP contribution is 2.16. The quantitative estimate of drug-likeness (QED) is 0.685. The van der Waals surface area contributed by atoms with Gasteiger partial charge in [-0.2, -0.15) is 0 Å². The lowest BCUT2D eigenvalue weighted by molar-refractivity contribution is -0.132. The van der Waals surface area contributed by atoms with Crippen LogP contribution in [0.5, 0.6) is 0 Å². The minimum absolute atomic E-state index is 0.0556. The maximum Gasteiger partial charge on any atom is 0.251 e. The molecule has 0 unspecified atom stereocenters. The van der Waals surface area contributed by atoms with Crippen LogP contribution in [0.25, 0.3) is 0 Å². The predicted molar refractivity (Wildman–Crippen MR) is 69.3 cm³/mol. The fourth-order valence-corrected chi connectivity index (χ4v) is 2.05. The Morgan fingerprint density at radius 1 is 1.05 bits per heavy atom. The van der Waals surface area contributed by atoms with Gasteiger partial charge < -0.3 is 5.32 Å². The highest BCUT2D eigenvalue weighted by Gasteiger charge is 2.17. The first-order valence-electron chi connectivity index (χ1n) is 6.26. The minimum atomic E-state index is -0.138. The van der Waals surface area contributed by atoms with Gasteiger partial charge in [0.05, 0.1) is 0 Å². The molecule has 2 aliphatic heterocycles. The number of hydrogen-bond acceptors (Lipinski definition) is 3. The van der Waals surface area contributed by atoms with Crippen molar-refractivity contribution in [3.05, 3.63) is 34.9 Å². The first kappa shape index (κ1) is 13.3. The van der Waals surface area contributed by atoms with E-state index in [0.717, 1.165) is 11.1 Å². The van der Waals surface area contributed by atoms with Gasteiger partial charge >= 0.3 is 0 Å². The number of imide groups is 1. The summed E-state index contributed by atoms with van der Waals surface area (Å²) in [4.78, 5) is 31.7. The summed E-state index contributed by atoms with van der Waals surface area (Å²) < 4.78 is 0. The summed E-state index contributed by atoms with van der Waals surface area (Å²) in [5.41, 5.74) is 3.16. The fourth-order valence-electron chi connectivity index (χ4n) is 2.05. The molecule has 19 heavy (non-hydrogen) atoms. The molecule has 2 heterocycles. The topological polar surface area (TPSA) is 75.3 Å². The van der Waals surface area contributed by atoms with E-state index in [2.05, 4.69) is 10.6 Å². The van der Waals surface area contributed by atoms with E-state index in [9.17, 15) is 14.4 Å². The van der Waals surface area contributed by atoms with Crippen LogP contribution in [-0.2, 0) is 16.1 Å². The maximum absolute atomic E-state index is 11.1. The number of benzene rings is 1. The van der Waals surface area contributed by atoms with Gasteiger partial charge in [-0.05, 0) is 25.0 Å². The van der Waals surface area contributed by atoms with Crippen LogP contribution in [0.4, 0.5) is 0 Å². The zero-order valence-electron chi connectivity index (χ0n) is 10.8. The molecule has 0 aliphatic carbocycles. The Morgan fingerprint density at radius 2 is 1.74 bits per heavy atom. The molecule has 1 aromatic carbocycles. The van der Waals surface area contributed by atoms with Gasteiger partial charge in [-0.1, -0.05) is 17.7 Å². The van der Waals surface area contributed by atoms with Crippen molar-refractivity contribution in [1.82, 2.24) is 10.6 Å². The first-order chi connectivity index (χ1) is 9.06. The van der Waals surface area contributed by atoms with Gasteiger partial charge in [-0.25, -0.2) is 0 Å². The third kappa shape index (κ3) is 3.40. The molecular weight excluding hydrogens is 244 g/mol. The van der Waals surface area contributed by atoms with E-state index in [-0.39, 0.29) is 17.7 Å². The molecule has 1 saturated heterocycles. The van der Waals surface area contributed by atoms with Crippen LogP contribution >= 0.6 is 0 Å². The number of amides is 3. The van der Waals surface area contributed by atoms with Crippen LogP contribution in [0, 0.1) is 6.92 Å². The van der Waals surface area contributed by atoms with Crippen LogP contribution in [0.2, 0.25) is 0 Å². The van der Waals surface area contributed by atoms with Crippen molar-refractivity contribution >= 4 is 17.7 Å². The normalized spacial score (nSPS) is 17.0. The van der Waals surface area contributed by atoms with E-state index >= 15 is 0 Å². The minimum Gasteiger partial charge on any atom is -0.348 e. The Bertz CT molecular complexity index is 523. The average Bonchev–Trinajstić information content (AvgIpc) is 2.71. The largest absolute Gasteiger partial charge is 0.348 e. The van der Waals surface area contributed by atoms with Crippen LogP contribution in [0.15, 0.2) is 18.2 Å².